The summed E-state index contributed by atoms with van der Waals surface area (Å²) in [6, 6.07) is 9.66. The Kier molecular flexibility index (Phi) is 11.0. The highest BCUT2D eigenvalue weighted by atomic mass is 31.3. The fraction of sp³-hybridized carbons (Fsp3) is 0.500. The lowest BCUT2D eigenvalue weighted by Crippen LogP contribution is -2.05. The van der Waals surface area contributed by atoms with Gasteiger partial charge in [-0.05, 0) is 36.5 Å². The third-order valence-corrected chi connectivity index (χ3v) is 6.66. The predicted octanol–water partition coefficient (Wildman–Crippen LogP) is 11.1. The van der Waals surface area contributed by atoms with Crippen molar-refractivity contribution >= 4 is 16.4 Å². The van der Waals surface area contributed by atoms with Gasteiger partial charge in [0, 0.05) is 42.4 Å². The molecule has 1 atom stereocenters. The molecule has 0 spiro atoms. The standard InChI is InChI=1S/C24H32F6O2P2/c1-18(2)6-4-7-19(3)12-13-31-22-8-5-9-23(15-22)32-24-14-20(16-33(25,26)27)10-11-21(24)17-34(28,29)30/h5,8-11,14-15,18-19H,4,6-7,12-13,16-17H2,1-3H3/q+2. The zero-order valence-corrected chi connectivity index (χ0v) is 21.4. The first-order valence-electron chi connectivity index (χ1n) is 11.3. The Bertz CT molecular complexity index is 900. The third-order valence-electron chi connectivity index (χ3n) is 5.23. The van der Waals surface area contributed by atoms with Gasteiger partial charge in [0.2, 0.25) is 0 Å². The number of rotatable bonds is 14. The SMILES string of the molecule is CC(C)CCCC(C)CCOc1cccc(Oc2cc(C[P+](F)(F)F)ccc2C[P+](F)(F)F)c1. The minimum absolute atomic E-state index is 0.112. The van der Waals surface area contributed by atoms with Gasteiger partial charge in [0.1, 0.15) is 17.2 Å². The monoisotopic (exact) mass is 528 g/mol. The number of benzene rings is 2. The molecule has 1 unspecified atom stereocenters. The molecule has 0 aromatic heterocycles. The average Bonchev–Trinajstić information content (AvgIpc) is 2.68. The summed E-state index contributed by atoms with van der Waals surface area (Å²) < 4.78 is 89.3. The van der Waals surface area contributed by atoms with Crippen LogP contribution in [0.4, 0.5) is 25.2 Å². The molecule has 0 aliphatic rings. The zero-order chi connectivity index (χ0) is 25.4. The summed E-state index contributed by atoms with van der Waals surface area (Å²) in [5.41, 5.74) is -0.286. The van der Waals surface area contributed by atoms with E-state index in [9.17, 15) is 25.2 Å². The highest BCUT2D eigenvalue weighted by Crippen LogP contribution is 2.68. The van der Waals surface area contributed by atoms with Crippen molar-refractivity contribution in [3.05, 3.63) is 53.6 Å². The van der Waals surface area contributed by atoms with Gasteiger partial charge in [-0.15, -0.1) is 0 Å². The maximum atomic E-state index is 13.1. The van der Waals surface area contributed by atoms with Crippen LogP contribution in [0.5, 0.6) is 17.2 Å². The lowest BCUT2D eigenvalue weighted by atomic mass is 9.98. The molecule has 34 heavy (non-hydrogen) atoms. The molecule has 0 saturated carbocycles. The van der Waals surface area contributed by atoms with Crippen molar-refractivity contribution in [1.29, 1.82) is 0 Å². The zero-order valence-electron chi connectivity index (χ0n) is 19.6. The van der Waals surface area contributed by atoms with E-state index in [0.29, 0.717) is 24.2 Å². The van der Waals surface area contributed by atoms with Crippen LogP contribution < -0.4 is 9.47 Å². The lowest BCUT2D eigenvalue weighted by Gasteiger charge is -2.14. The second-order valence-electron chi connectivity index (χ2n) is 9.00. The van der Waals surface area contributed by atoms with Crippen molar-refractivity contribution in [2.75, 3.05) is 6.61 Å². The highest BCUT2D eigenvalue weighted by Gasteiger charge is 2.45. The first kappa shape index (κ1) is 28.7. The van der Waals surface area contributed by atoms with Gasteiger partial charge in [-0.25, -0.2) is 0 Å². The molecule has 2 nitrogen and oxygen atoms in total. The molecule has 0 bridgehead atoms. The van der Waals surface area contributed by atoms with Crippen LogP contribution >= 0.6 is 16.4 Å². The molecule has 0 fully saturated rings. The van der Waals surface area contributed by atoms with Crippen molar-refractivity contribution < 1.29 is 34.7 Å². The molecule has 0 aliphatic heterocycles. The van der Waals surface area contributed by atoms with Gasteiger partial charge in [-0.2, -0.15) is 0 Å². The number of ether oxygens (including phenoxy) is 2. The van der Waals surface area contributed by atoms with E-state index in [4.69, 9.17) is 9.47 Å². The molecule has 0 N–H and O–H groups in total. The summed E-state index contributed by atoms with van der Waals surface area (Å²) in [5.74, 6) is 1.68. The summed E-state index contributed by atoms with van der Waals surface area (Å²) in [7, 11) is -11.3. The van der Waals surface area contributed by atoms with Gasteiger partial charge in [-0.1, -0.05) is 58.2 Å². The smallest absolute Gasteiger partial charge is 0.493 e. The average molecular weight is 528 g/mol. The maximum absolute atomic E-state index is 13.1. The van der Waals surface area contributed by atoms with Gasteiger partial charge < -0.3 is 9.47 Å². The minimum Gasteiger partial charge on any atom is -0.493 e. The molecule has 0 saturated heterocycles. The first-order valence-corrected chi connectivity index (χ1v) is 14.6. The fourth-order valence-electron chi connectivity index (χ4n) is 3.47. The second-order valence-corrected chi connectivity index (χ2v) is 11.8. The van der Waals surface area contributed by atoms with Crippen molar-refractivity contribution in [3.63, 3.8) is 0 Å². The van der Waals surface area contributed by atoms with E-state index >= 15 is 0 Å². The van der Waals surface area contributed by atoms with Crippen LogP contribution in [0.2, 0.25) is 0 Å². The highest BCUT2D eigenvalue weighted by molar-refractivity contribution is 7.59. The lowest BCUT2D eigenvalue weighted by molar-refractivity contribution is 0.275. The van der Waals surface area contributed by atoms with Crippen LogP contribution in [0.15, 0.2) is 42.5 Å². The van der Waals surface area contributed by atoms with Crippen LogP contribution in [0.3, 0.4) is 0 Å². The molecular weight excluding hydrogens is 496 g/mol. The van der Waals surface area contributed by atoms with Crippen LogP contribution in [0.25, 0.3) is 0 Å². The van der Waals surface area contributed by atoms with Crippen molar-refractivity contribution in [1.82, 2.24) is 0 Å². The van der Waals surface area contributed by atoms with Crippen LogP contribution in [0.1, 0.15) is 57.6 Å². The summed E-state index contributed by atoms with van der Waals surface area (Å²) in [6.07, 6.45) is 2.02. The molecule has 0 radical (unpaired) electrons. The molecule has 2 aromatic carbocycles. The molecule has 190 valence electrons. The van der Waals surface area contributed by atoms with Crippen LogP contribution in [-0.2, 0) is 12.3 Å². The van der Waals surface area contributed by atoms with E-state index in [1.165, 1.54) is 18.9 Å². The molecular formula is C24H32F6O2P2+2. The van der Waals surface area contributed by atoms with Gasteiger partial charge in [0.05, 0.1) is 6.61 Å². The van der Waals surface area contributed by atoms with E-state index in [1.807, 2.05) is 0 Å². The molecule has 10 heteroatoms. The minimum atomic E-state index is -5.69. The Balaban J connectivity index is 2.06. The van der Waals surface area contributed by atoms with E-state index < -0.39 is 28.7 Å². The topological polar surface area (TPSA) is 18.5 Å². The predicted molar refractivity (Wildman–Crippen MR) is 129 cm³/mol. The summed E-state index contributed by atoms with van der Waals surface area (Å²) >= 11 is 0. The normalized spacial score (nSPS) is 13.2. The first-order chi connectivity index (χ1) is 15.8. The third kappa shape index (κ3) is 11.8. The fourth-order valence-corrected chi connectivity index (χ4v) is 4.73. The van der Waals surface area contributed by atoms with E-state index in [0.717, 1.165) is 31.0 Å². The molecule has 0 heterocycles. The van der Waals surface area contributed by atoms with E-state index in [2.05, 4.69) is 20.8 Å². The summed E-state index contributed by atoms with van der Waals surface area (Å²) in [6.45, 7) is 7.06. The maximum Gasteiger partial charge on any atom is 0.573 e. The van der Waals surface area contributed by atoms with Crippen LogP contribution in [0, 0.1) is 11.8 Å². The van der Waals surface area contributed by atoms with Crippen molar-refractivity contribution in [2.45, 2.75) is 58.8 Å². The van der Waals surface area contributed by atoms with E-state index in [-0.39, 0.29) is 22.6 Å². The molecule has 0 amide bonds. The van der Waals surface area contributed by atoms with E-state index in [1.54, 1.807) is 18.2 Å². The van der Waals surface area contributed by atoms with Gasteiger partial charge in [-0.3, -0.25) is 0 Å². The summed E-state index contributed by atoms with van der Waals surface area (Å²) in [5, 5.41) is 0. The van der Waals surface area contributed by atoms with Gasteiger partial charge in [0.15, 0.2) is 12.3 Å². The quantitative estimate of drug-likeness (QED) is 0.179. The Morgan fingerprint density at radius 2 is 1.44 bits per heavy atom. The van der Waals surface area contributed by atoms with Gasteiger partial charge in [0.25, 0.3) is 0 Å². The number of hydrogen-bond acceptors (Lipinski definition) is 2. The molecule has 2 aromatic rings. The Hall–Kier alpha value is -1.52. The Labute approximate surface area is 199 Å². The molecule has 0 aliphatic carbocycles. The van der Waals surface area contributed by atoms with Crippen molar-refractivity contribution in [3.8, 4) is 17.2 Å². The van der Waals surface area contributed by atoms with Crippen LogP contribution in [-0.4, -0.2) is 6.61 Å². The Morgan fingerprint density at radius 3 is 2.09 bits per heavy atom. The van der Waals surface area contributed by atoms with Gasteiger partial charge >= 0.3 is 16.4 Å². The van der Waals surface area contributed by atoms with Crippen molar-refractivity contribution in [2.24, 2.45) is 11.8 Å². The molecule has 2 rings (SSSR count). The largest absolute Gasteiger partial charge is 0.573 e. The number of halogens is 6. The number of hydrogen-bond donors (Lipinski definition) is 0. The Morgan fingerprint density at radius 1 is 0.765 bits per heavy atom. The summed E-state index contributed by atoms with van der Waals surface area (Å²) in [4.78, 5) is 0. The second kappa shape index (κ2) is 13.0.